The summed E-state index contributed by atoms with van der Waals surface area (Å²) >= 11 is 5.97. The van der Waals surface area contributed by atoms with Crippen LogP contribution in [0.15, 0.2) is 12.1 Å². The summed E-state index contributed by atoms with van der Waals surface area (Å²) in [7, 11) is 0. The van der Waals surface area contributed by atoms with Gasteiger partial charge < -0.3 is 4.90 Å². The first-order valence-electron chi connectivity index (χ1n) is 6.80. The lowest BCUT2D eigenvalue weighted by atomic mass is 10.1. The Balaban J connectivity index is 3.09. The van der Waals surface area contributed by atoms with Gasteiger partial charge in [-0.1, -0.05) is 20.8 Å². The van der Waals surface area contributed by atoms with Gasteiger partial charge in [-0.2, -0.15) is 0 Å². The molecule has 0 spiro atoms. The molecule has 0 unspecified atom stereocenters. The second kappa shape index (κ2) is 6.98. The SMILES string of the molecule is CCc1cc(CCl)cc(N(CC(C)C)C(C)C)n1. The molecule has 0 aliphatic carbocycles. The van der Waals surface area contributed by atoms with E-state index in [2.05, 4.69) is 51.7 Å². The molecule has 102 valence electrons. The second-order valence-corrected chi connectivity index (χ2v) is 5.72. The molecular weight excluding hydrogens is 244 g/mol. The number of aromatic nitrogens is 1. The molecule has 0 aliphatic rings. The van der Waals surface area contributed by atoms with Crippen molar-refractivity contribution in [2.45, 2.75) is 53.0 Å². The summed E-state index contributed by atoms with van der Waals surface area (Å²) in [6.07, 6.45) is 0.950. The Labute approximate surface area is 116 Å². The van der Waals surface area contributed by atoms with Crippen LogP contribution in [0.1, 0.15) is 45.9 Å². The van der Waals surface area contributed by atoms with E-state index < -0.39 is 0 Å². The van der Waals surface area contributed by atoms with Crippen LogP contribution < -0.4 is 4.90 Å². The van der Waals surface area contributed by atoms with Crippen LogP contribution in [0, 0.1) is 5.92 Å². The lowest BCUT2D eigenvalue weighted by Gasteiger charge is -2.30. The first-order valence-corrected chi connectivity index (χ1v) is 7.33. The Morgan fingerprint density at radius 1 is 1.22 bits per heavy atom. The Morgan fingerprint density at radius 3 is 2.33 bits per heavy atom. The monoisotopic (exact) mass is 268 g/mol. The third-order valence-electron chi connectivity index (χ3n) is 2.92. The number of nitrogens with zero attached hydrogens (tertiary/aromatic N) is 2. The highest BCUT2D eigenvalue weighted by Gasteiger charge is 2.14. The number of anilines is 1. The second-order valence-electron chi connectivity index (χ2n) is 5.45. The van der Waals surface area contributed by atoms with Gasteiger partial charge in [0, 0.05) is 24.2 Å². The zero-order chi connectivity index (χ0) is 13.7. The fourth-order valence-electron chi connectivity index (χ4n) is 2.00. The first-order chi connectivity index (χ1) is 8.47. The van der Waals surface area contributed by atoms with Crippen LogP contribution >= 0.6 is 11.6 Å². The molecule has 0 aromatic carbocycles. The van der Waals surface area contributed by atoms with E-state index in [0.717, 1.165) is 30.0 Å². The summed E-state index contributed by atoms with van der Waals surface area (Å²) in [5.41, 5.74) is 2.28. The molecule has 1 heterocycles. The van der Waals surface area contributed by atoms with E-state index in [9.17, 15) is 0 Å². The molecule has 1 aromatic heterocycles. The third kappa shape index (κ3) is 4.16. The number of pyridine rings is 1. The largest absolute Gasteiger partial charge is 0.354 e. The standard InChI is InChI=1S/C15H25ClN2/c1-6-14-7-13(9-16)8-15(17-14)18(12(4)5)10-11(2)3/h7-8,11-12H,6,9-10H2,1-5H3. The topological polar surface area (TPSA) is 16.1 Å². The molecule has 2 nitrogen and oxygen atoms in total. The lowest BCUT2D eigenvalue weighted by molar-refractivity contribution is 0.565. The molecule has 0 aliphatic heterocycles. The first kappa shape index (κ1) is 15.3. The van der Waals surface area contributed by atoms with Gasteiger partial charge >= 0.3 is 0 Å². The number of halogens is 1. The molecule has 0 bridgehead atoms. The summed E-state index contributed by atoms with van der Waals surface area (Å²) in [5, 5.41) is 0. The predicted molar refractivity (Wildman–Crippen MR) is 80.5 cm³/mol. The van der Waals surface area contributed by atoms with Crippen LogP contribution in [-0.4, -0.2) is 17.6 Å². The molecule has 0 radical (unpaired) electrons. The zero-order valence-electron chi connectivity index (χ0n) is 12.2. The minimum absolute atomic E-state index is 0.454. The number of aryl methyl sites for hydroxylation is 1. The number of rotatable bonds is 6. The molecule has 0 amide bonds. The van der Waals surface area contributed by atoms with Gasteiger partial charge in [-0.3, -0.25) is 0 Å². The fraction of sp³-hybridized carbons (Fsp3) is 0.667. The smallest absolute Gasteiger partial charge is 0.129 e. The molecule has 3 heteroatoms. The minimum atomic E-state index is 0.454. The fourth-order valence-corrected chi connectivity index (χ4v) is 2.16. The Bertz CT molecular complexity index is 353. The highest BCUT2D eigenvalue weighted by atomic mass is 35.5. The maximum absolute atomic E-state index is 5.97. The van der Waals surface area contributed by atoms with Crippen molar-refractivity contribution in [1.82, 2.24) is 4.98 Å². The van der Waals surface area contributed by atoms with Gasteiger partial charge in [-0.05, 0) is 43.9 Å². The summed E-state index contributed by atoms with van der Waals surface area (Å²) in [6.45, 7) is 12.1. The van der Waals surface area contributed by atoms with Gasteiger partial charge in [0.05, 0.1) is 0 Å². The van der Waals surface area contributed by atoms with E-state index in [1.165, 1.54) is 0 Å². The summed E-state index contributed by atoms with van der Waals surface area (Å²) in [4.78, 5) is 7.10. The number of alkyl halides is 1. The average Bonchev–Trinajstić information content (AvgIpc) is 2.34. The van der Waals surface area contributed by atoms with Crippen LogP contribution in [0.5, 0.6) is 0 Å². The minimum Gasteiger partial charge on any atom is -0.354 e. The summed E-state index contributed by atoms with van der Waals surface area (Å²) < 4.78 is 0. The Hall–Kier alpha value is -0.760. The maximum Gasteiger partial charge on any atom is 0.129 e. The molecule has 0 saturated heterocycles. The highest BCUT2D eigenvalue weighted by molar-refractivity contribution is 6.17. The van der Waals surface area contributed by atoms with Crippen LogP contribution in [0.4, 0.5) is 5.82 Å². The molecule has 1 rings (SSSR count). The van der Waals surface area contributed by atoms with Crippen LogP contribution in [0.3, 0.4) is 0 Å². The molecule has 0 N–H and O–H groups in total. The van der Waals surface area contributed by atoms with Crippen LogP contribution in [-0.2, 0) is 12.3 Å². The molecule has 0 atom stereocenters. The molecule has 1 aromatic rings. The van der Waals surface area contributed by atoms with E-state index in [0.29, 0.717) is 17.8 Å². The van der Waals surface area contributed by atoms with E-state index in [-0.39, 0.29) is 0 Å². The van der Waals surface area contributed by atoms with Crippen molar-refractivity contribution < 1.29 is 0 Å². The van der Waals surface area contributed by atoms with Crippen LogP contribution in [0.2, 0.25) is 0 Å². The van der Waals surface area contributed by atoms with Crippen molar-refractivity contribution in [3.63, 3.8) is 0 Å². The van der Waals surface area contributed by atoms with Crippen molar-refractivity contribution >= 4 is 17.4 Å². The van der Waals surface area contributed by atoms with Gasteiger partial charge in [0.25, 0.3) is 0 Å². The van der Waals surface area contributed by atoms with Gasteiger partial charge in [-0.15, -0.1) is 11.6 Å². The van der Waals surface area contributed by atoms with Gasteiger partial charge in [0.1, 0.15) is 5.82 Å². The normalized spacial score (nSPS) is 11.3. The quantitative estimate of drug-likeness (QED) is 0.717. The van der Waals surface area contributed by atoms with E-state index in [1.807, 2.05) is 0 Å². The van der Waals surface area contributed by atoms with Gasteiger partial charge in [-0.25, -0.2) is 4.98 Å². The van der Waals surface area contributed by atoms with Crippen molar-refractivity contribution in [2.24, 2.45) is 5.92 Å². The Kier molecular flexibility index (Phi) is 5.94. The summed E-state index contributed by atoms with van der Waals surface area (Å²) in [6, 6.07) is 4.68. The summed E-state index contributed by atoms with van der Waals surface area (Å²) in [5.74, 6) is 2.24. The van der Waals surface area contributed by atoms with Crippen molar-refractivity contribution in [3.05, 3.63) is 23.4 Å². The maximum atomic E-state index is 5.97. The van der Waals surface area contributed by atoms with E-state index in [1.54, 1.807) is 0 Å². The highest BCUT2D eigenvalue weighted by Crippen LogP contribution is 2.20. The molecule has 0 saturated carbocycles. The molecule has 18 heavy (non-hydrogen) atoms. The third-order valence-corrected chi connectivity index (χ3v) is 3.23. The zero-order valence-corrected chi connectivity index (χ0v) is 13.0. The molecule has 0 fully saturated rings. The van der Waals surface area contributed by atoms with Crippen LogP contribution in [0.25, 0.3) is 0 Å². The molecular formula is C15H25ClN2. The Morgan fingerprint density at radius 2 is 1.89 bits per heavy atom. The van der Waals surface area contributed by atoms with Gasteiger partial charge in [0.2, 0.25) is 0 Å². The van der Waals surface area contributed by atoms with Gasteiger partial charge in [0.15, 0.2) is 0 Å². The van der Waals surface area contributed by atoms with Crippen molar-refractivity contribution in [2.75, 3.05) is 11.4 Å². The average molecular weight is 269 g/mol. The number of hydrogen-bond acceptors (Lipinski definition) is 2. The number of hydrogen-bond donors (Lipinski definition) is 0. The van der Waals surface area contributed by atoms with Crippen molar-refractivity contribution in [1.29, 1.82) is 0 Å². The van der Waals surface area contributed by atoms with E-state index in [4.69, 9.17) is 16.6 Å². The lowest BCUT2D eigenvalue weighted by Crippen LogP contribution is -2.35. The predicted octanol–water partition coefficient (Wildman–Crippen LogP) is 4.25. The van der Waals surface area contributed by atoms with Crippen molar-refractivity contribution in [3.8, 4) is 0 Å². The van der Waals surface area contributed by atoms with E-state index >= 15 is 0 Å².